The van der Waals surface area contributed by atoms with Crippen LogP contribution >= 0.6 is 0 Å². The van der Waals surface area contributed by atoms with Crippen LogP contribution in [0.15, 0.2) is 91.0 Å². The third-order valence-electron chi connectivity index (χ3n) is 3.86. The molecule has 0 aliphatic heterocycles. The van der Waals surface area contributed by atoms with Crippen LogP contribution in [-0.4, -0.2) is 17.5 Å². The average Bonchev–Trinajstić information content (AvgIpc) is 2.74. The number of esters is 1. The second-order valence-corrected chi connectivity index (χ2v) is 6.05. The molecular formula is C24H22O4. The van der Waals surface area contributed by atoms with Gasteiger partial charge in [0.2, 0.25) is 5.78 Å². The minimum absolute atomic E-state index is 0.121. The lowest BCUT2D eigenvalue weighted by Gasteiger charge is -2.16. The van der Waals surface area contributed by atoms with E-state index >= 15 is 0 Å². The molecule has 0 spiro atoms. The van der Waals surface area contributed by atoms with Gasteiger partial charge in [0.15, 0.2) is 11.9 Å². The predicted molar refractivity (Wildman–Crippen MR) is 108 cm³/mol. The van der Waals surface area contributed by atoms with Crippen LogP contribution in [0.2, 0.25) is 0 Å². The number of hydrogen-bond donors (Lipinski definition) is 0. The molecule has 0 saturated carbocycles. The van der Waals surface area contributed by atoms with Gasteiger partial charge in [0.05, 0.1) is 0 Å². The van der Waals surface area contributed by atoms with E-state index in [1.807, 2.05) is 54.6 Å². The van der Waals surface area contributed by atoms with Crippen LogP contribution in [0.1, 0.15) is 46.2 Å². The molecule has 0 radical (unpaired) electrons. The van der Waals surface area contributed by atoms with Gasteiger partial charge in [-0.1, -0.05) is 91.0 Å². The normalized spacial score (nSPS) is 10.8. The zero-order chi connectivity index (χ0) is 20.4. The van der Waals surface area contributed by atoms with Crippen molar-refractivity contribution < 1.29 is 19.1 Å². The fourth-order valence-corrected chi connectivity index (χ4v) is 2.49. The number of carbonyl (C=O) groups is 3. The van der Waals surface area contributed by atoms with Gasteiger partial charge in [0, 0.05) is 23.6 Å². The first-order valence-electron chi connectivity index (χ1n) is 8.86. The van der Waals surface area contributed by atoms with Gasteiger partial charge in [-0.2, -0.15) is 0 Å². The van der Waals surface area contributed by atoms with Gasteiger partial charge in [0.1, 0.15) is 0 Å². The SMILES string of the molecule is CC(=O)OC(C(=O)c1ccccc1)c1ccccc1.CC(=O)c1ccccc1. The minimum atomic E-state index is -0.888. The van der Waals surface area contributed by atoms with E-state index in [1.165, 1.54) is 6.92 Å². The van der Waals surface area contributed by atoms with Gasteiger partial charge >= 0.3 is 5.97 Å². The van der Waals surface area contributed by atoms with Crippen LogP contribution in [0.3, 0.4) is 0 Å². The molecule has 0 heterocycles. The van der Waals surface area contributed by atoms with Gasteiger partial charge in [-0.05, 0) is 6.92 Å². The Morgan fingerprint density at radius 2 is 1.07 bits per heavy atom. The summed E-state index contributed by atoms with van der Waals surface area (Å²) in [5, 5.41) is 0. The van der Waals surface area contributed by atoms with E-state index < -0.39 is 12.1 Å². The van der Waals surface area contributed by atoms with Gasteiger partial charge in [0.25, 0.3) is 0 Å². The molecule has 4 heteroatoms. The summed E-state index contributed by atoms with van der Waals surface area (Å²) in [6.07, 6.45) is -0.888. The molecule has 0 bridgehead atoms. The van der Waals surface area contributed by atoms with Crippen molar-refractivity contribution in [2.75, 3.05) is 0 Å². The molecule has 0 fully saturated rings. The van der Waals surface area contributed by atoms with Crippen molar-refractivity contribution in [1.82, 2.24) is 0 Å². The molecule has 0 N–H and O–H groups in total. The summed E-state index contributed by atoms with van der Waals surface area (Å²) in [5.41, 5.74) is 1.97. The summed E-state index contributed by atoms with van der Waals surface area (Å²) in [7, 11) is 0. The van der Waals surface area contributed by atoms with Crippen LogP contribution < -0.4 is 0 Å². The Morgan fingerprint density at radius 1 is 0.643 bits per heavy atom. The summed E-state index contributed by atoms with van der Waals surface area (Å²) < 4.78 is 5.16. The largest absolute Gasteiger partial charge is 0.449 e. The standard InChI is InChI=1S/C16H14O3.C8H8O/c1-12(17)19-16(14-10-6-3-7-11-14)15(18)13-8-4-2-5-9-13;1-7(9)8-5-3-2-4-6-8/h2-11,16H,1H3;2-6H,1H3. The van der Waals surface area contributed by atoms with E-state index in [9.17, 15) is 14.4 Å². The zero-order valence-corrected chi connectivity index (χ0v) is 15.9. The number of rotatable bonds is 5. The van der Waals surface area contributed by atoms with Crippen LogP contribution in [0.4, 0.5) is 0 Å². The maximum absolute atomic E-state index is 12.4. The second-order valence-electron chi connectivity index (χ2n) is 6.05. The molecule has 0 saturated heterocycles. The van der Waals surface area contributed by atoms with E-state index in [0.29, 0.717) is 11.1 Å². The Kier molecular flexibility index (Phi) is 7.85. The van der Waals surface area contributed by atoms with E-state index in [0.717, 1.165) is 5.56 Å². The van der Waals surface area contributed by atoms with Gasteiger partial charge < -0.3 is 4.74 Å². The maximum Gasteiger partial charge on any atom is 0.303 e. The molecule has 3 aromatic carbocycles. The van der Waals surface area contributed by atoms with Gasteiger partial charge in [-0.15, -0.1) is 0 Å². The first kappa shape index (κ1) is 20.8. The highest BCUT2D eigenvalue weighted by Crippen LogP contribution is 2.22. The zero-order valence-electron chi connectivity index (χ0n) is 15.9. The average molecular weight is 374 g/mol. The fourth-order valence-electron chi connectivity index (χ4n) is 2.49. The molecule has 1 atom stereocenters. The molecule has 4 nitrogen and oxygen atoms in total. The van der Waals surface area contributed by atoms with Crippen molar-refractivity contribution in [3.63, 3.8) is 0 Å². The Hall–Kier alpha value is -3.53. The third kappa shape index (κ3) is 6.32. The first-order chi connectivity index (χ1) is 13.5. The number of carbonyl (C=O) groups excluding carboxylic acids is 3. The smallest absolute Gasteiger partial charge is 0.303 e. The summed E-state index contributed by atoms with van der Waals surface area (Å²) >= 11 is 0. The molecule has 28 heavy (non-hydrogen) atoms. The maximum atomic E-state index is 12.4. The van der Waals surface area contributed by atoms with Crippen LogP contribution in [0.5, 0.6) is 0 Å². The Balaban J connectivity index is 0.000000261. The molecule has 1 unspecified atom stereocenters. The lowest BCUT2D eigenvalue weighted by atomic mass is 10.00. The lowest BCUT2D eigenvalue weighted by molar-refractivity contribution is -0.144. The molecule has 0 aliphatic carbocycles. The monoisotopic (exact) mass is 374 g/mol. The van der Waals surface area contributed by atoms with Crippen molar-refractivity contribution in [3.05, 3.63) is 108 Å². The van der Waals surface area contributed by atoms with Crippen LogP contribution in [-0.2, 0) is 9.53 Å². The first-order valence-corrected chi connectivity index (χ1v) is 8.86. The van der Waals surface area contributed by atoms with Crippen molar-refractivity contribution in [1.29, 1.82) is 0 Å². The van der Waals surface area contributed by atoms with Gasteiger partial charge in [-0.25, -0.2) is 0 Å². The summed E-state index contributed by atoms with van der Waals surface area (Å²) in [6.45, 7) is 2.86. The second kappa shape index (κ2) is 10.6. The number of ketones is 2. The Bertz CT molecular complexity index is 903. The van der Waals surface area contributed by atoms with Crippen molar-refractivity contribution >= 4 is 17.5 Å². The van der Waals surface area contributed by atoms with Crippen molar-refractivity contribution in [3.8, 4) is 0 Å². The molecule has 0 aliphatic rings. The van der Waals surface area contributed by atoms with Crippen molar-refractivity contribution in [2.24, 2.45) is 0 Å². The quantitative estimate of drug-likeness (QED) is 0.462. The highest BCUT2D eigenvalue weighted by atomic mass is 16.5. The van der Waals surface area contributed by atoms with E-state index in [-0.39, 0.29) is 11.6 Å². The minimum Gasteiger partial charge on any atom is -0.449 e. The molecule has 0 amide bonds. The highest BCUT2D eigenvalue weighted by molar-refractivity contribution is 6.00. The topological polar surface area (TPSA) is 60.4 Å². The fraction of sp³-hybridized carbons (Fsp3) is 0.125. The van der Waals surface area contributed by atoms with Crippen LogP contribution in [0.25, 0.3) is 0 Å². The van der Waals surface area contributed by atoms with Crippen LogP contribution in [0, 0.1) is 0 Å². The predicted octanol–water partition coefficient (Wildman–Crippen LogP) is 5.06. The number of hydrogen-bond acceptors (Lipinski definition) is 4. The highest BCUT2D eigenvalue weighted by Gasteiger charge is 2.24. The molecule has 0 aromatic heterocycles. The van der Waals surface area contributed by atoms with Crippen molar-refractivity contribution in [2.45, 2.75) is 20.0 Å². The third-order valence-corrected chi connectivity index (χ3v) is 3.86. The Labute approximate surface area is 164 Å². The number of ether oxygens (including phenoxy) is 1. The van der Waals surface area contributed by atoms with E-state index in [4.69, 9.17) is 4.74 Å². The number of Topliss-reactive ketones (excluding diaryl/α,β-unsaturated/α-hetero) is 2. The molecule has 3 aromatic rings. The van der Waals surface area contributed by atoms with E-state index in [2.05, 4.69) is 0 Å². The van der Waals surface area contributed by atoms with Gasteiger partial charge in [-0.3, -0.25) is 14.4 Å². The lowest BCUT2D eigenvalue weighted by Crippen LogP contribution is -2.18. The summed E-state index contributed by atoms with van der Waals surface area (Å²) in [4.78, 5) is 34.2. The number of benzene rings is 3. The Morgan fingerprint density at radius 3 is 1.46 bits per heavy atom. The summed E-state index contributed by atoms with van der Waals surface area (Å²) in [5.74, 6) is -0.573. The molecule has 3 rings (SSSR count). The summed E-state index contributed by atoms with van der Waals surface area (Å²) in [6, 6.07) is 27.1. The van der Waals surface area contributed by atoms with E-state index in [1.54, 1.807) is 43.3 Å². The molecular weight excluding hydrogens is 352 g/mol. The molecule has 142 valence electrons.